The van der Waals surface area contributed by atoms with Crippen molar-refractivity contribution in [2.24, 2.45) is 0 Å². The number of phenols is 1. The smallest absolute Gasteiger partial charge is 0.256 e. The van der Waals surface area contributed by atoms with Crippen molar-refractivity contribution in [1.82, 2.24) is 4.98 Å². The van der Waals surface area contributed by atoms with E-state index in [0.717, 1.165) is 16.5 Å². The Labute approximate surface area is 110 Å². The summed E-state index contributed by atoms with van der Waals surface area (Å²) in [6, 6.07) is 14.8. The Balaban J connectivity index is 2.28. The summed E-state index contributed by atoms with van der Waals surface area (Å²) < 4.78 is 0. The molecule has 0 saturated heterocycles. The maximum Gasteiger partial charge on any atom is 0.256 e. The van der Waals surface area contributed by atoms with Crippen LogP contribution in [0.3, 0.4) is 0 Å². The molecule has 94 valence electrons. The summed E-state index contributed by atoms with van der Waals surface area (Å²) >= 11 is 0. The van der Waals surface area contributed by atoms with Crippen molar-refractivity contribution in [2.45, 2.75) is 6.92 Å². The number of hydrogen-bond acceptors (Lipinski definition) is 2. The average Bonchev–Trinajstić information content (AvgIpc) is 2.40. The van der Waals surface area contributed by atoms with Crippen LogP contribution in [0.1, 0.15) is 5.56 Å². The molecule has 1 aromatic heterocycles. The van der Waals surface area contributed by atoms with Gasteiger partial charge in [0, 0.05) is 10.9 Å². The average molecular weight is 251 g/mol. The first-order valence-electron chi connectivity index (χ1n) is 6.07. The molecular weight excluding hydrogens is 238 g/mol. The molecule has 0 spiro atoms. The Morgan fingerprint density at radius 3 is 2.53 bits per heavy atom. The number of pyridine rings is 1. The predicted octanol–water partition coefficient (Wildman–Crippen LogP) is 3.21. The van der Waals surface area contributed by atoms with E-state index in [1.807, 2.05) is 37.3 Å². The van der Waals surface area contributed by atoms with Gasteiger partial charge in [0.25, 0.3) is 5.56 Å². The number of benzene rings is 2. The third-order valence-corrected chi connectivity index (χ3v) is 3.22. The molecule has 0 bridgehead atoms. The van der Waals surface area contributed by atoms with Gasteiger partial charge in [-0.15, -0.1) is 0 Å². The zero-order chi connectivity index (χ0) is 13.4. The van der Waals surface area contributed by atoms with Crippen LogP contribution in [0.25, 0.3) is 22.0 Å². The Bertz CT molecular complexity index is 801. The second-order valence-corrected chi connectivity index (χ2v) is 4.62. The minimum atomic E-state index is -0.196. The first-order chi connectivity index (χ1) is 9.15. The maximum absolute atomic E-state index is 12.1. The molecule has 0 unspecified atom stereocenters. The standard InChI is InChI=1S/C16H13NO2/c1-10-5-7-11(8-6-10)13-9-12-3-2-4-14(18)15(12)17-16(13)19/h2-9,18H,1H3,(H,17,19). The van der Waals surface area contributed by atoms with Crippen LogP contribution in [-0.2, 0) is 0 Å². The SMILES string of the molecule is Cc1ccc(-c2cc3cccc(O)c3[nH]c2=O)cc1. The lowest BCUT2D eigenvalue weighted by Crippen LogP contribution is -2.08. The molecular formula is C16H13NO2. The Morgan fingerprint density at radius 2 is 1.79 bits per heavy atom. The Hall–Kier alpha value is -2.55. The van der Waals surface area contributed by atoms with E-state index in [9.17, 15) is 9.90 Å². The van der Waals surface area contributed by atoms with Crippen molar-refractivity contribution in [2.75, 3.05) is 0 Å². The number of rotatable bonds is 1. The van der Waals surface area contributed by atoms with Gasteiger partial charge in [0.2, 0.25) is 0 Å². The van der Waals surface area contributed by atoms with Crippen LogP contribution in [0.15, 0.2) is 53.3 Å². The molecule has 3 rings (SSSR count). The predicted molar refractivity (Wildman–Crippen MR) is 76.4 cm³/mol. The molecule has 0 saturated carbocycles. The van der Waals surface area contributed by atoms with E-state index >= 15 is 0 Å². The van der Waals surface area contributed by atoms with E-state index in [0.29, 0.717) is 11.1 Å². The monoisotopic (exact) mass is 251 g/mol. The summed E-state index contributed by atoms with van der Waals surface area (Å²) in [6.45, 7) is 2.01. The number of nitrogens with one attached hydrogen (secondary N) is 1. The molecule has 0 aliphatic rings. The van der Waals surface area contributed by atoms with Crippen molar-refractivity contribution >= 4 is 10.9 Å². The molecule has 0 aliphatic heterocycles. The molecule has 0 amide bonds. The zero-order valence-electron chi connectivity index (χ0n) is 10.5. The normalized spacial score (nSPS) is 10.8. The number of aromatic hydroxyl groups is 1. The van der Waals surface area contributed by atoms with Gasteiger partial charge in [-0.3, -0.25) is 4.79 Å². The second kappa shape index (κ2) is 4.28. The molecule has 0 radical (unpaired) electrons. The molecule has 2 aromatic carbocycles. The highest BCUT2D eigenvalue weighted by Crippen LogP contribution is 2.24. The third-order valence-electron chi connectivity index (χ3n) is 3.22. The first kappa shape index (κ1) is 11.5. The van der Waals surface area contributed by atoms with Crippen LogP contribution >= 0.6 is 0 Å². The number of hydrogen-bond donors (Lipinski definition) is 2. The summed E-state index contributed by atoms with van der Waals surface area (Å²) in [6.07, 6.45) is 0. The topological polar surface area (TPSA) is 53.1 Å². The van der Waals surface area contributed by atoms with Crippen molar-refractivity contribution in [1.29, 1.82) is 0 Å². The summed E-state index contributed by atoms with van der Waals surface area (Å²) in [4.78, 5) is 14.8. The third kappa shape index (κ3) is 1.99. The lowest BCUT2D eigenvalue weighted by molar-refractivity contribution is 0.480. The number of fused-ring (bicyclic) bond motifs is 1. The fraction of sp³-hybridized carbons (Fsp3) is 0.0625. The van der Waals surface area contributed by atoms with Gasteiger partial charge in [-0.1, -0.05) is 42.0 Å². The fourth-order valence-corrected chi connectivity index (χ4v) is 2.16. The number of para-hydroxylation sites is 1. The lowest BCUT2D eigenvalue weighted by atomic mass is 10.0. The highest BCUT2D eigenvalue weighted by Gasteiger charge is 2.07. The van der Waals surface area contributed by atoms with Gasteiger partial charge in [0.1, 0.15) is 5.75 Å². The zero-order valence-corrected chi connectivity index (χ0v) is 10.5. The number of H-pyrrole nitrogens is 1. The van der Waals surface area contributed by atoms with Gasteiger partial charge in [-0.2, -0.15) is 0 Å². The lowest BCUT2D eigenvalue weighted by Gasteiger charge is -2.05. The van der Waals surface area contributed by atoms with Crippen molar-refractivity contribution in [3.63, 3.8) is 0 Å². The molecule has 2 N–H and O–H groups in total. The molecule has 0 aliphatic carbocycles. The van der Waals surface area contributed by atoms with E-state index in [1.165, 1.54) is 0 Å². The quantitative estimate of drug-likeness (QED) is 0.697. The van der Waals surface area contributed by atoms with Gasteiger partial charge in [0.15, 0.2) is 0 Å². The summed E-state index contributed by atoms with van der Waals surface area (Å²) in [5, 5.41) is 10.5. The Morgan fingerprint density at radius 1 is 1.05 bits per heavy atom. The maximum atomic E-state index is 12.1. The van der Waals surface area contributed by atoms with Gasteiger partial charge in [-0.25, -0.2) is 0 Å². The van der Waals surface area contributed by atoms with Crippen molar-refractivity contribution < 1.29 is 5.11 Å². The van der Waals surface area contributed by atoms with Gasteiger partial charge < -0.3 is 10.1 Å². The summed E-state index contributed by atoms with van der Waals surface area (Å²) in [5.41, 5.74) is 2.91. The first-order valence-corrected chi connectivity index (χ1v) is 6.07. The van der Waals surface area contributed by atoms with Gasteiger partial charge in [0.05, 0.1) is 5.52 Å². The van der Waals surface area contributed by atoms with Crippen LogP contribution in [0.4, 0.5) is 0 Å². The van der Waals surface area contributed by atoms with Gasteiger partial charge in [-0.05, 0) is 24.6 Å². The number of aromatic nitrogens is 1. The van der Waals surface area contributed by atoms with E-state index < -0.39 is 0 Å². The van der Waals surface area contributed by atoms with Gasteiger partial charge >= 0.3 is 0 Å². The fourth-order valence-electron chi connectivity index (χ4n) is 2.16. The Kier molecular flexibility index (Phi) is 2.60. The van der Waals surface area contributed by atoms with E-state index in [1.54, 1.807) is 18.2 Å². The molecule has 3 nitrogen and oxygen atoms in total. The number of phenolic OH excluding ortho intramolecular Hbond substituents is 1. The van der Waals surface area contributed by atoms with Crippen LogP contribution in [-0.4, -0.2) is 10.1 Å². The molecule has 19 heavy (non-hydrogen) atoms. The van der Waals surface area contributed by atoms with Crippen molar-refractivity contribution in [3.8, 4) is 16.9 Å². The van der Waals surface area contributed by atoms with Crippen LogP contribution in [0.5, 0.6) is 5.75 Å². The molecule has 0 fully saturated rings. The van der Waals surface area contributed by atoms with E-state index in [-0.39, 0.29) is 11.3 Å². The second-order valence-electron chi connectivity index (χ2n) is 4.62. The van der Waals surface area contributed by atoms with Crippen LogP contribution in [0.2, 0.25) is 0 Å². The molecule has 0 atom stereocenters. The van der Waals surface area contributed by atoms with Crippen molar-refractivity contribution in [3.05, 3.63) is 64.4 Å². The van der Waals surface area contributed by atoms with E-state index in [2.05, 4.69) is 4.98 Å². The highest BCUT2D eigenvalue weighted by atomic mass is 16.3. The highest BCUT2D eigenvalue weighted by molar-refractivity contribution is 5.87. The van der Waals surface area contributed by atoms with Crippen LogP contribution in [0, 0.1) is 6.92 Å². The summed E-state index contributed by atoms with van der Waals surface area (Å²) in [5.74, 6) is 0.0880. The number of aryl methyl sites for hydroxylation is 1. The minimum Gasteiger partial charge on any atom is -0.506 e. The molecule has 1 heterocycles. The van der Waals surface area contributed by atoms with E-state index in [4.69, 9.17) is 0 Å². The minimum absolute atomic E-state index is 0.0880. The van der Waals surface area contributed by atoms with Crippen LogP contribution < -0.4 is 5.56 Å². The number of aromatic amines is 1. The molecule has 3 heteroatoms. The molecule has 3 aromatic rings. The summed E-state index contributed by atoms with van der Waals surface area (Å²) in [7, 11) is 0. The largest absolute Gasteiger partial charge is 0.506 e.